The van der Waals surface area contributed by atoms with Gasteiger partial charge >= 0.3 is 6.18 Å². The summed E-state index contributed by atoms with van der Waals surface area (Å²) in [6.07, 6.45) is -2.68. The monoisotopic (exact) mass is 283 g/mol. The first-order valence-electron chi connectivity index (χ1n) is 6.51. The zero-order valence-electron chi connectivity index (χ0n) is 11.1. The normalized spacial score (nSPS) is 23.1. The van der Waals surface area contributed by atoms with Gasteiger partial charge in [-0.3, -0.25) is 0 Å². The maximum Gasteiger partial charge on any atom is 0.417 e. The number of nitrogens with zero attached hydrogens (tertiary/aromatic N) is 1. The van der Waals surface area contributed by atoms with E-state index in [2.05, 4.69) is 17.6 Å². The van der Waals surface area contributed by atoms with Gasteiger partial charge in [-0.1, -0.05) is 0 Å². The summed E-state index contributed by atoms with van der Waals surface area (Å²) >= 11 is 0. The van der Waals surface area contributed by atoms with Crippen molar-refractivity contribution in [3.63, 3.8) is 0 Å². The third-order valence-corrected chi connectivity index (χ3v) is 3.44. The quantitative estimate of drug-likeness (QED) is 0.876. The van der Waals surface area contributed by atoms with Gasteiger partial charge in [0.15, 0.2) is 0 Å². The van der Waals surface area contributed by atoms with Crippen molar-refractivity contribution in [2.45, 2.75) is 38.0 Å². The Kier molecular flexibility index (Phi) is 4.19. The van der Waals surface area contributed by atoms with Crippen molar-refractivity contribution in [3.8, 4) is 6.07 Å². The predicted octanol–water partition coefficient (Wildman–Crippen LogP) is 3.13. The van der Waals surface area contributed by atoms with Gasteiger partial charge in [0.1, 0.15) is 0 Å². The van der Waals surface area contributed by atoms with E-state index in [1.165, 1.54) is 12.1 Å². The SMILES string of the molecule is CC1CC(Nc2ccc(C(F)(F)F)c(C#N)c2)CCN1. The van der Waals surface area contributed by atoms with Crippen molar-refractivity contribution in [3.05, 3.63) is 29.3 Å². The Morgan fingerprint density at radius 2 is 2.15 bits per heavy atom. The zero-order valence-corrected chi connectivity index (χ0v) is 11.1. The van der Waals surface area contributed by atoms with Crippen LogP contribution in [0, 0.1) is 11.3 Å². The molecule has 2 unspecified atom stereocenters. The van der Waals surface area contributed by atoms with Gasteiger partial charge in [0.2, 0.25) is 0 Å². The van der Waals surface area contributed by atoms with E-state index in [0.717, 1.165) is 25.5 Å². The van der Waals surface area contributed by atoms with Crippen molar-refractivity contribution >= 4 is 5.69 Å². The maximum absolute atomic E-state index is 12.7. The van der Waals surface area contributed by atoms with Crippen molar-refractivity contribution < 1.29 is 13.2 Å². The van der Waals surface area contributed by atoms with Crippen LogP contribution in [0.2, 0.25) is 0 Å². The minimum Gasteiger partial charge on any atom is -0.382 e. The van der Waals surface area contributed by atoms with Crippen LogP contribution in [0.15, 0.2) is 18.2 Å². The first-order chi connectivity index (χ1) is 9.40. The van der Waals surface area contributed by atoms with Crippen LogP contribution < -0.4 is 10.6 Å². The largest absolute Gasteiger partial charge is 0.417 e. The lowest BCUT2D eigenvalue weighted by Crippen LogP contribution is -2.41. The summed E-state index contributed by atoms with van der Waals surface area (Å²) in [6, 6.07) is 5.84. The highest BCUT2D eigenvalue weighted by Crippen LogP contribution is 2.33. The third-order valence-electron chi connectivity index (χ3n) is 3.44. The van der Waals surface area contributed by atoms with Crippen LogP contribution in [0.4, 0.5) is 18.9 Å². The van der Waals surface area contributed by atoms with Crippen molar-refractivity contribution in [1.82, 2.24) is 5.32 Å². The third kappa shape index (κ3) is 3.42. The fourth-order valence-electron chi connectivity index (χ4n) is 2.47. The molecule has 0 saturated carbocycles. The Hall–Kier alpha value is -1.74. The Balaban J connectivity index is 2.16. The Morgan fingerprint density at radius 3 is 2.75 bits per heavy atom. The number of nitriles is 1. The number of halogens is 3. The van der Waals surface area contributed by atoms with Crippen LogP contribution in [0.5, 0.6) is 0 Å². The fraction of sp³-hybridized carbons (Fsp3) is 0.500. The van der Waals surface area contributed by atoms with Gasteiger partial charge in [0, 0.05) is 17.8 Å². The van der Waals surface area contributed by atoms with Crippen molar-refractivity contribution in [1.29, 1.82) is 5.26 Å². The highest BCUT2D eigenvalue weighted by molar-refractivity contribution is 5.54. The maximum atomic E-state index is 12.7. The second kappa shape index (κ2) is 5.71. The minimum absolute atomic E-state index is 0.217. The summed E-state index contributed by atoms with van der Waals surface area (Å²) in [5.74, 6) is 0. The molecule has 2 rings (SSSR count). The number of anilines is 1. The number of hydrogen-bond acceptors (Lipinski definition) is 3. The van der Waals surface area contributed by atoms with Crippen LogP contribution in [0.1, 0.15) is 30.9 Å². The van der Waals surface area contributed by atoms with E-state index in [-0.39, 0.29) is 11.6 Å². The number of nitrogens with one attached hydrogen (secondary N) is 2. The average molecular weight is 283 g/mol. The fourth-order valence-corrected chi connectivity index (χ4v) is 2.47. The molecule has 20 heavy (non-hydrogen) atoms. The molecular weight excluding hydrogens is 267 g/mol. The topological polar surface area (TPSA) is 47.9 Å². The molecule has 6 heteroatoms. The van der Waals surface area contributed by atoms with Gasteiger partial charge in [-0.15, -0.1) is 0 Å². The average Bonchev–Trinajstić information content (AvgIpc) is 2.37. The van der Waals surface area contributed by atoms with Crippen LogP contribution in [0.25, 0.3) is 0 Å². The molecule has 1 fully saturated rings. The molecule has 1 aromatic carbocycles. The molecule has 2 N–H and O–H groups in total. The lowest BCUT2D eigenvalue weighted by Gasteiger charge is -2.29. The van der Waals surface area contributed by atoms with Gasteiger partial charge in [0.25, 0.3) is 0 Å². The van der Waals surface area contributed by atoms with E-state index in [1.807, 2.05) is 0 Å². The second-order valence-corrected chi connectivity index (χ2v) is 5.09. The molecule has 108 valence electrons. The zero-order chi connectivity index (χ0) is 14.8. The van der Waals surface area contributed by atoms with Gasteiger partial charge in [0.05, 0.1) is 17.2 Å². The summed E-state index contributed by atoms with van der Waals surface area (Å²) < 4.78 is 38.1. The van der Waals surface area contributed by atoms with Gasteiger partial charge < -0.3 is 10.6 Å². The summed E-state index contributed by atoms with van der Waals surface area (Å²) in [5.41, 5.74) is -0.664. The Morgan fingerprint density at radius 1 is 1.40 bits per heavy atom. The number of piperidine rings is 1. The predicted molar refractivity (Wildman–Crippen MR) is 70.3 cm³/mol. The first kappa shape index (κ1) is 14.7. The van der Waals surface area contributed by atoms with E-state index in [0.29, 0.717) is 11.7 Å². The molecule has 1 aromatic rings. The summed E-state index contributed by atoms with van der Waals surface area (Å²) in [5, 5.41) is 15.4. The van der Waals surface area contributed by atoms with E-state index in [4.69, 9.17) is 5.26 Å². The van der Waals surface area contributed by atoms with E-state index >= 15 is 0 Å². The van der Waals surface area contributed by atoms with Gasteiger partial charge in [-0.2, -0.15) is 18.4 Å². The lowest BCUT2D eigenvalue weighted by molar-refractivity contribution is -0.137. The standard InChI is InChI=1S/C14H16F3N3/c1-9-6-12(4-5-19-9)20-11-2-3-13(14(15,16)17)10(7-11)8-18/h2-3,7,9,12,19-20H,4-6H2,1H3. The minimum atomic E-state index is -4.49. The molecule has 1 heterocycles. The van der Waals surface area contributed by atoms with Gasteiger partial charge in [-0.05, 0) is 44.5 Å². The number of hydrogen-bond donors (Lipinski definition) is 2. The summed E-state index contributed by atoms with van der Waals surface area (Å²) in [4.78, 5) is 0. The Labute approximate surface area is 115 Å². The first-order valence-corrected chi connectivity index (χ1v) is 6.51. The molecule has 0 spiro atoms. The smallest absolute Gasteiger partial charge is 0.382 e. The van der Waals surface area contributed by atoms with E-state index < -0.39 is 11.7 Å². The van der Waals surface area contributed by atoms with Crippen LogP contribution in [-0.2, 0) is 6.18 Å². The van der Waals surface area contributed by atoms with Crippen molar-refractivity contribution in [2.24, 2.45) is 0 Å². The van der Waals surface area contributed by atoms with E-state index in [9.17, 15) is 13.2 Å². The van der Waals surface area contributed by atoms with Crippen LogP contribution in [0.3, 0.4) is 0 Å². The highest BCUT2D eigenvalue weighted by atomic mass is 19.4. The molecular formula is C14H16F3N3. The highest BCUT2D eigenvalue weighted by Gasteiger charge is 2.33. The molecule has 0 aliphatic carbocycles. The van der Waals surface area contributed by atoms with Crippen LogP contribution in [-0.4, -0.2) is 18.6 Å². The van der Waals surface area contributed by atoms with Crippen molar-refractivity contribution in [2.75, 3.05) is 11.9 Å². The van der Waals surface area contributed by atoms with Gasteiger partial charge in [-0.25, -0.2) is 0 Å². The summed E-state index contributed by atoms with van der Waals surface area (Å²) in [6.45, 7) is 2.95. The molecule has 1 aliphatic heterocycles. The molecule has 2 atom stereocenters. The lowest BCUT2D eigenvalue weighted by atomic mass is 9.99. The van der Waals surface area contributed by atoms with Crippen LogP contribution >= 0.6 is 0 Å². The number of alkyl halides is 3. The molecule has 0 bridgehead atoms. The molecule has 0 aromatic heterocycles. The molecule has 0 radical (unpaired) electrons. The molecule has 0 amide bonds. The Bertz CT molecular complexity index is 519. The molecule has 3 nitrogen and oxygen atoms in total. The van der Waals surface area contributed by atoms with E-state index in [1.54, 1.807) is 6.07 Å². The molecule has 1 aliphatic rings. The molecule has 1 saturated heterocycles. The number of benzene rings is 1. The second-order valence-electron chi connectivity index (χ2n) is 5.09. The summed E-state index contributed by atoms with van der Waals surface area (Å²) in [7, 11) is 0. The number of rotatable bonds is 2.